The molecule has 0 saturated carbocycles. The second-order valence-corrected chi connectivity index (χ2v) is 4.90. The monoisotopic (exact) mass is 259 g/mol. The zero-order chi connectivity index (χ0) is 13.8. The number of aromatic nitrogens is 2. The lowest BCUT2D eigenvalue weighted by atomic mass is 10.1. The molecule has 1 N–H and O–H groups in total. The predicted molar refractivity (Wildman–Crippen MR) is 76.9 cm³/mol. The van der Waals surface area contributed by atoms with Gasteiger partial charge in [-0.1, -0.05) is 26.0 Å². The molecule has 1 atom stereocenters. The van der Waals surface area contributed by atoms with Gasteiger partial charge in [0.15, 0.2) is 0 Å². The van der Waals surface area contributed by atoms with Crippen LogP contribution in [0, 0.1) is 12.8 Å². The molecule has 0 spiro atoms. The predicted octanol–water partition coefficient (Wildman–Crippen LogP) is 2.51. The number of para-hydroxylation sites is 2. The van der Waals surface area contributed by atoms with Gasteiger partial charge >= 0.3 is 0 Å². The van der Waals surface area contributed by atoms with E-state index in [1.54, 1.807) is 0 Å². The summed E-state index contributed by atoms with van der Waals surface area (Å²) in [6.07, 6.45) is 0.874. The van der Waals surface area contributed by atoms with E-state index in [4.69, 9.17) is 0 Å². The number of hydrogen-bond acceptors (Lipinski definition) is 2. The first-order valence-corrected chi connectivity index (χ1v) is 6.83. The van der Waals surface area contributed by atoms with Crippen molar-refractivity contribution >= 4 is 16.9 Å². The summed E-state index contributed by atoms with van der Waals surface area (Å²) in [7, 11) is 0. The molecule has 0 aliphatic rings. The summed E-state index contributed by atoms with van der Waals surface area (Å²) >= 11 is 0. The second-order valence-electron chi connectivity index (χ2n) is 4.90. The van der Waals surface area contributed by atoms with E-state index in [1.165, 1.54) is 0 Å². The van der Waals surface area contributed by atoms with E-state index in [-0.39, 0.29) is 11.8 Å². The number of fused-ring (bicyclic) bond motifs is 1. The molecule has 0 aliphatic heterocycles. The summed E-state index contributed by atoms with van der Waals surface area (Å²) in [6, 6.07) is 8.07. The van der Waals surface area contributed by atoms with Crippen molar-refractivity contribution in [2.75, 3.05) is 6.54 Å². The van der Waals surface area contributed by atoms with Gasteiger partial charge in [-0.15, -0.1) is 0 Å². The molecule has 4 nitrogen and oxygen atoms in total. The quantitative estimate of drug-likeness (QED) is 0.896. The topological polar surface area (TPSA) is 46.9 Å². The highest BCUT2D eigenvalue weighted by molar-refractivity contribution is 5.78. The summed E-state index contributed by atoms with van der Waals surface area (Å²) < 4.78 is 2.15. The first-order chi connectivity index (χ1) is 9.13. The fourth-order valence-corrected chi connectivity index (χ4v) is 2.13. The molecule has 1 aromatic heterocycles. The summed E-state index contributed by atoms with van der Waals surface area (Å²) in [4.78, 5) is 16.2. The third-order valence-electron chi connectivity index (χ3n) is 3.54. The number of aryl methyl sites for hydroxylation is 1. The Bertz CT molecular complexity index is 574. The molecule has 102 valence electrons. The van der Waals surface area contributed by atoms with E-state index in [2.05, 4.69) is 20.9 Å². The van der Waals surface area contributed by atoms with Gasteiger partial charge in [0, 0.05) is 19.0 Å². The smallest absolute Gasteiger partial charge is 0.222 e. The minimum Gasteiger partial charge on any atom is -0.354 e. The van der Waals surface area contributed by atoms with Crippen LogP contribution in [0.5, 0.6) is 0 Å². The second kappa shape index (κ2) is 5.87. The maximum Gasteiger partial charge on any atom is 0.222 e. The minimum absolute atomic E-state index is 0.0839. The molecule has 0 saturated heterocycles. The Morgan fingerprint density at radius 2 is 2.16 bits per heavy atom. The third kappa shape index (κ3) is 2.95. The first-order valence-electron chi connectivity index (χ1n) is 6.83. The number of hydrogen-bond donors (Lipinski definition) is 1. The van der Waals surface area contributed by atoms with E-state index < -0.39 is 0 Å². The van der Waals surface area contributed by atoms with Crippen LogP contribution in [0.3, 0.4) is 0 Å². The van der Waals surface area contributed by atoms with Crippen LogP contribution in [0.15, 0.2) is 24.3 Å². The van der Waals surface area contributed by atoms with E-state index >= 15 is 0 Å². The molecule has 19 heavy (non-hydrogen) atoms. The SMILES string of the molecule is CCC(C)C(=O)NCCn1c(C)nc2ccccc21. The maximum atomic E-state index is 11.7. The Labute approximate surface area is 113 Å². The van der Waals surface area contributed by atoms with Crippen molar-refractivity contribution in [1.82, 2.24) is 14.9 Å². The van der Waals surface area contributed by atoms with Gasteiger partial charge in [-0.2, -0.15) is 0 Å². The standard InChI is InChI=1S/C15H21N3O/c1-4-11(2)15(19)16-9-10-18-12(3)17-13-7-5-6-8-14(13)18/h5-8,11H,4,9-10H2,1-3H3,(H,16,19). The van der Waals surface area contributed by atoms with E-state index in [0.717, 1.165) is 29.8 Å². The van der Waals surface area contributed by atoms with E-state index in [9.17, 15) is 4.79 Å². The molecule has 1 amide bonds. The van der Waals surface area contributed by atoms with Gasteiger partial charge in [0.05, 0.1) is 11.0 Å². The van der Waals surface area contributed by atoms with Gasteiger partial charge in [-0.05, 0) is 25.5 Å². The van der Waals surface area contributed by atoms with Crippen LogP contribution in [-0.4, -0.2) is 22.0 Å². The number of carbonyl (C=O) groups is 1. The van der Waals surface area contributed by atoms with Gasteiger partial charge in [0.1, 0.15) is 5.82 Å². The van der Waals surface area contributed by atoms with Crippen LogP contribution < -0.4 is 5.32 Å². The van der Waals surface area contributed by atoms with Crippen LogP contribution in [-0.2, 0) is 11.3 Å². The molecule has 0 aliphatic carbocycles. The van der Waals surface area contributed by atoms with Crippen molar-refractivity contribution in [1.29, 1.82) is 0 Å². The molecular weight excluding hydrogens is 238 g/mol. The number of nitrogens with zero attached hydrogens (tertiary/aromatic N) is 2. The van der Waals surface area contributed by atoms with Gasteiger partial charge in [0.25, 0.3) is 0 Å². The average molecular weight is 259 g/mol. The Morgan fingerprint density at radius 3 is 2.89 bits per heavy atom. The largest absolute Gasteiger partial charge is 0.354 e. The van der Waals surface area contributed by atoms with Gasteiger partial charge in [-0.3, -0.25) is 4.79 Å². The zero-order valence-corrected chi connectivity index (χ0v) is 11.8. The summed E-state index contributed by atoms with van der Waals surface area (Å²) in [5.41, 5.74) is 2.13. The molecule has 0 bridgehead atoms. The highest BCUT2D eigenvalue weighted by Crippen LogP contribution is 2.14. The molecule has 1 heterocycles. The molecule has 2 aromatic rings. The molecule has 0 fully saturated rings. The van der Waals surface area contributed by atoms with Crippen molar-refractivity contribution in [2.24, 2.45) is 5.92 Å². The van der Waals surface area contributed by atoms with Crippen LogP contribution in [0.25, 0.3) is 11.0 Å². The lowest BCUT2D eigenvalue weighted by Gasteiger charge is -2.11. The van der Waals surface area contributed by atoms with Crippen LogP contribution >= 0.6 is 0 Å². The molecule has 2 rings (SSSR count). The lowest BCUT2D eigenvalue weighted by molar-refractivity contribution is -0.124. The lowest BCUT2D eigenvalue weighted by Crippen LogP contribution is -2.31. The number of amides is 1. The summed E-state index contributed by atoms with van der Waals surface area (Å²) in [5.74, 6) is 1.20. The van der Waals surface area contributed by atoms with Gasteiger partial charge in [-0.25, -0.2) is 4.98 Å². The number of nitrogens with one attached hydrogen (secondary N) is 1. The summed E-state index contributed by atoms with van der Waals surface area (Å²) in [5, 5.41) is 2.98. The number of imidazole rings is 1. The zero-order valence-electron chi connectivity index (χ0n) is 11.8. The molecular formula is C15H21N3O. The van der Waals surface area contributed by atoms with Crippen LogP contribution in [0.2, 0.25) is 0 Å². The normalized spacial score (nSPS) is 12.6. The highest BCUT2D eigenvalue weighted by atomic mass is 16.1. The molecule has 4 heteroatoms. The molecule has 1 aromatic carbocycles. The van der Waals surface area contributed by atoms with Crippen molar-refractivity contribution < 1.29 is 4.79 Å². The molecule has 0 radical (unpaired) electrons. The maximum absolute atomic E-state index is 11.7. The minimum atomic E-state index is 0.0839. The van der Waals surface area contributed by atoms with Crippen molar-refractivity contribution in [3.63, 3.8) is 0 Å². The number of carbonyl (C=O) groups excluding carboxylic acids is 1. The Kier molecular flexibility index (Phi) is 4.20. The molecule has 1 unspecified atom stereocenters. The Morgan fingerprint density at radius 1 is 1.42 bits per heavy atom. The fourth-order valence-electron chi connectivity index (χ4n) is 2.13. The number of benzene rings is 1. The fraction of sp³-hybridized carbons (Fsp3) is 0.467. The van der Waals surface area contributed by atoms with E-state index in [0.29, 0.717) is 6.54 Å². The van der Waals surface area contributed by atoms with Crippen molar-refractivity contribution in [2.45, 2.75) is 33.7 Å². The number of rotatable bonds is 5. The Balaban J connectivity index is 2.02. The van der Waals surface area contributed by atoms with Gasteiger partial charge in [0.2, 0.25) is 5.91 Å². The first kappa shape index (κ1) is 13.6. The highest BCUT2D eigenvalue weighted by Gasteiger charge is 2.10. The average Bonchev–Trinajstić information content (AvgIpc) is 2.74. The summed E-state index contributed by atoms with van der Waals surface area (Å²) in [6.45, 7) is 7.38. The van der Waals surface area contributed by atoms with E-state index in [1.807, 2.05) is 39.0 Å². The van der Waals surface area contributed by atoms with Crippen molar-refractivity contribution in [3.05, 3.63) is 30.1 Å². The van der Waals surface area contributed by atoms with Crippen LogP contribution in [0.4, 0.5) is 0 Å². The van der Waals surface area contributed by atoms with Crippen LogP contribution in [0.1, 0.15) is 26.1 Å². The van der Waals surface area contributed by atoms with Gasteiger partial charge < -0.3 is 9.88 Å². The third-order valence-corrected chi connectivity index (χ3v) is 3.54. The Hall–Kier alpha value is -1.84. The van der Waals surface area contributed by atoms with Crippen molar-refractivity contribution in [3.8, 4) is 0 Å².